The smallest absolute Gasteiger partial charge is 0.191 e. The van der Waals surface area contributed by atoms with Crippen LogP contribution < -0.4 is 10.6 Å². The molecule has 0 radical (unpaired) electrons. The van der Waals surface area contributed by atoms with Crippen molar-refractivity contribution in [3.63, 3.8) is 0 Å². The molecule has 1 atom stereocenters. The maximum absolute atomic E-state index is 4.70. The van der Waals surface area contributed by atoms with Gasteiger partial charge in [-0.25, -0.2) is 9.98 Å². The van der Waals surface area contributed by atoms with Gasteiger partial charge in [0.05, 0.1) is 12.2 Å². The highest BCUT2D eigenvalue weighted by Gasteiger charge is 2.09. The largest absolute Gasteiger partial charge is 0.357 e. The molecule has 2 N–H and O–H groups in total. The summed E-state index contributed by atoms with van der Waals surface area (Å²) in [6.07, 6.45) is 1.07. The van der Waals surface area contributed by atoms with Gasteiger partial charge in [0.15, 0.2) is 5.96 Å². The first kappa shape index (κ1) is 20.9. The molecule has 4 nitrogen and oxygen atoms in total. The molecule has 0 aliphatic carbocycles. The quantitative estimate of drug-likeness (QED) is 0.378. The van der Waals surface area contributed by atoms with Crippen LogP contribution in [-0.2, 0) is 6.54 Å². The summed E-state index contributed by atoms with van der Waals surface area (Å²) in [6.45, 7) is 9.99. The molecule has 0 saturated carbocycles. The van der Waals surface area contributed by atoms with Crippen molar-refractivity contribution in [2.75, 3.05) is 6.54 Å². The molecule has 1 aromatic heterocycles. The minimum absolute atomic E-state index is 0. The Kier molecular flexibility index (Phi) is 9.28. The Bertz CT molecular complexity index is 640. The minimum atomic E-state index is 0. The average molecular weight is 458 g/mol. The maximum atomic E-state index is 4.70. The molecule has 24 heavy (non-hydrogen) atoms. The number of hydrogen-bond acceptors (Lipinski definition) is 3. The lowest BCUT2D eigenvalue weighted by Gasteiger charge is -2.15. The van der Waals surface area contributed by atoms with Gasteiger partial charge in [0.1, 0.15) is 5.01 Å². The lowest BCUT2D eigenvalue weighted by Crippen LogP contribution is -2.41. The Morgan fingerprint density at radius 2 is 1.96 bits per heavy atom. The number of hydrogen-bond donors (Lipinski definition) is 2. The molecule has 0 aliphatic rings. The standard InChI is InChI=1S/C18H26N4S.HI/c1-5-13(3)21-18(19-6-2)20-12-16-14(4)22-17(23-16)15-10-8-7-9-11-15;/h7-11,13H,5-6,12H2,1-4H3,(H2,19,20,21);1H. The van der Waals surface area contributed by atoms with Gasteiger partial charge in [-0.3, -0.25) is 0 Å². The van der Waals surface area contributed by atoms with Crippen molar-refractivity contribution in [2.24, 2.45) is 4.99 Å². The molecule has 2 rings (SSSR count). The van der Waals surface area contributed by atoms with Gasteiger partial charge in [0, 0.05) is 23.0 Å². The van der Waals surface area contributed by atoms with Gasteiger partial charge in [-0.05, 0) is 27.2 Å². The molecule has 0 bridgehead atoms. The van der Waals surface area contributed by atoms with Gasteiger partial charge in [-0.1, -0.05) is 37.3 Å². The highest BCUT2D eigenvalue weighted by atomic mass is 127. The zero-order valence-electron chi connectivity index (χ0n) is 14.8. The number of aliphatic imine (C=N–C) groups is 1. The first-order valence-corrected chi connectivity index (χ1v) is 9.02. The van der Waals surface area contributed by atoms with Crippen molar-refractivity contribution in [1.82, 2.24) is 15.6 Å². The summed E-state index contributed by atoms with van der Waals surface area (Å²) in [4.78, 5) is 10.6. The number of rotatable bonds is 6. The number of guanidine groups is 1. The predicted octanol–water partition coefficient (Wildman–Crippen LogP) is 4.59. The van der Waals surface area contributed by atoms with E-state index >= 15 is 0 Å². The molecule has 0 fully saturated rings. The Labute approximate surface area is 166 Å². The van der Waals surface area contributed by atoms with E-state index in [0.717, 1.165) is 29.6 Å². The molecule has 132 valence electrons. The Morgan fingerprint density at radius 1 is 1.25 bits per heavy atom. The van der Waals surface area contributed by atoms with Crippen LogP contribution in [0.3, 0.4) is 0 Å². The van der Waals surface area contributed by atoms with Crippen LogP contribution in [0.4, 0.5) is 0 Å². The second-order valence-electron chi connectivity index (χ2n) is 5.54. The van der Waals surface area contributed by atoms with E-state index in [4.69, 9.17) is 9.98 Å². The summed E-state index contributed by atoms with van der Waals surface area (Å²) in [5.41, 5.74) is 2.23. The van der Waals surface area contributed by atoms with Crippen molar-refractivity contribution in [3.05, 3.63) is 40.9 Å². The maximum Gasteiger partial charge on any atom is 0.191 e. The molecule has 2 aromatic rings. The van der Waals surface area contributed by atoms with Gasteiger partial charge in [0.25, 0.3) is 0 Å². The topological polar surface area (TPSA) is 49.3 Å². The zero-order chi connectivity index (χ0) is 16.7. The van der Waals surface area contributed by atoms with Crippen LogP contribution in [0.1, 0.15) is 37.8 Å². The molecular weight excluding hydrogens is 431 g/mol. The van der Waals surface area contributed by atoms with Crippen molar-refractivity contribution >= 4 is 41.3 Å². The van der Waals surface area contributed by atoms with Crippen LogP contribution in [0.25, 0.3) is 10.6 Å². The predicted molar refractivity (Wildman–Crippen MR) is 115 cm³/mol. The third-order valence-corrected chi connectivity index (χ3v) is 4.83. The van der Waals surface area contributed by atoms with Crippen LogP contribution in [0.15, 0.2) is 35.3 Å². The van der Waals surface area contributed by atoms with Crippen LogP contribution in [-0.4, -0.2) is 23.5 Å². The van der Waals surface area contributed by atoms with Crippen molar-refractivity contribution < 1.29 is 0 Å². The van der Waals surface area contributed by atoms with Crippen LogP contribution in [0.5, 0.6) is 0 Å². The number of nitrogens with zero attached hydrogens (tertiary/aromatic N) is 2. The van der Waals surface area contributed by atoms with Gasteiger partial charge in [-0.15, -0.1) is 35.3 Å². The number of aromatic nitrogens is 1. The fourth-order valence-electron chi connectivity index (χ4n) is 2.09. The van der Waals surface area contributed by atoms with E-state index in [2.05, 4.69) is 50.5 Å². The lowest BCUT2D eigenvalue weighted by molar-refractivity contribution is 0.624. The van der Waals surface area contributed by atoms with E-state index in [-0.39, 0.29) is 24.0 Å². The molecule has 0 saturated heterocycles. The number of halogens is 1. The fraction of sp³-hybridized carbons (Fsp3) is 0.444. The van der Waals surface area contributed by atoms with E-state index in [1.165, 1.54) is 10.4 Å². The highest BCUT2D eigenvalue weighted by Crippen LogP contribution is 2.28. The first-order valence-electron chi connectivity index (χ1n) is 8.20. The third-order valence-electron chi connectivity index (χ3n) is 3.63. The normalized spacial score (nSPS) is 12.4. The van der Waals surface area contributed by atoms with E-state index in [0.29, 0.717) is 12.6 Å². The number of benzene rings is 1. The molecule has 0 spiro atoms. The van der Waals surface area contributed by atoms with E-state index in [1.54, 1.807) is 11.3 Å². The Hall–Kier alpha value is -1.15. The zero-order valence-corrected chi connectivity index (χ0v) is 17.9. The average Bonchev–Trinajstić information content (AvgIpc) is 2.94. The third kappa shape index (κ3) is 6.05. The molecule has 1 heterocycles. The fourth-order valence-corrected chi connectivity index (χ4v) is 3.08. The highest BCUT2D eigenvalue weighted by molar-refractivity contribution is 14.0. The summed E-state index contributed by atoms with van der Waals surface area (Å²) in [5, 5.41) is 7.78. The van der Waals surface area contributed by atoms with E-state index in [1.807, 2.05) is 18.2 Å². The number of nitrogens with one attached hydrogen (secondary N) is 2. The van der Waals surface area contributed by atoms with Crippen molar-refractivity contribution in [3.8, 4) is 10.6 Å². The second kappa shape index (κ2) is 10.7. The summed E-state index contributed by atoms with van der Waals surface area (Å²) in [6, 6.07) is 10.7. The Morgan fingerprint density at radius 3 is 2.58 bits per heavy atom. The molecular formula is C18H27IN4S. The SMILES string of the molecule is CCNC(=NCc1sc(-c2ccccc2)nc1C)NC(C)CC.I. The van der Waals surface area contributed by atoms with Crippen LogP contribution in [0.2, 0.25) is 0 Å². The van der Waals surface area contributed by atoms with Gasteiger partial charge in [0.2, 0.25) is 0 Å². The minimum Gasteiger partial charge on any atom is -0.357 e. The molecule has 1 aromatic carbocycles. The molecule has 6 heteroatoms. The molecule has 1 unspecified atom stereocenters. The Balaban J connectivity index is 0.00000288. The number of aryl methyl sites for hydroxylation is 1. The summed E-state index contributed by atoms with van der Waals surface area (Å²) in [7, 11) is 0. The summed E-state index contributed by atoms with van der Waals surface area (Å²) in [5.74, 6) is 0.871. The van der Waals surface area contributed by atoms with E-state index in [9.17, 15) is 0 Å². The monoisotopic (exact) mass is 458 g/mol. The lowest BCUT2D eigenvalue weighted by atomic mass is 10.2. The van der Waals surface area contributed by atoms with Crippen LogP contribution in [0, 0.1) is 6.92 Å². The van der Waals surface area contributed by atoms with Gasteiger partial charge < -0.3 is 10.6 Å². The first-order chi connectivity index (χ1) is 11.1. The van der Waals surface area contributed by atoms with Crippen LogP contribution >= 0.6 is 35.3 Å². The molecule has 0 amide bonds. The van der Waals surface area contributed by atoms with Gasteiger partial charge in [-0.2, -0.15) is 0 Å². The summed E-state index contributed by atoms with van der Waals surface area (Å²) < 4.78 is 0. The summed E-state index contributed by atoms with van der Waals surface area (Å²) >= 11 is 1.72. The second-order valence-corrected chi connectivity index (χ2v) is 6.63. The number of thiazole rings is 1. The van der Waals surface area contributed by atoms with Crippen molar-refractivity contribution in [1.29, 1.82) is 0 Å². The van der Waals surface area contributed by atoms with E-state index < -0.39 is 0 Å². The molecule has 0 aliphatic heterocycles. The van der Waals surface area contributed by atoms with Crippen molar-refractivity contribution in [2.45, 2.75) is 46.7 Å². The van der Waals surface area contributed by atoms with Gasteiger partial charge >= 0.3 is 0 Å².